The van der Waals surface area contributed by atoms with Crippen molar-refractivity contribution in [2.75, 3.05) is 13.7 Å². The molecule has 0 radical (unpaired) electrons. The molecule has 5 atom stereocenters. The van der Waals surface area contributed by atoms with Crippen LogP contribution >= 0.6 is 11.3 Å². The van der Waals surface area contributed by atoms with Crippen molar-refractivity contribution in [1.82, 2.24) is 40.5 Å². The molecule has 3 fully saturated rings. The zero-order valence-corrected chi connectivity index (χ0v) is 33.1. The number of methoxy groups -OCH3 is 1. The van der Waals surface area contributed by atoms with Crippen molar-refractivity contribution < 1.29 is 37.1 Å². The summed E-state index contributed by atoms with van der Waals surface area (Å²) < 4.78 is 40.5. The number of nitrogens with zero attached hydrogens (tertiary/aromatic N) is 5. The van der Waals surface area contributed by atoms with E-state index in [1.165, 1.54) is 21.8 Å². The van der Waals surface area contributed by atoms with Crippen molar-refractivity contribution in [3.05, 3.63) is 67.3 Å². The van der Waals surface area contributed by atoms with Gasteiger partial charge in [0.1, 0.15) is 33.7 Å². The number of ether oxygens (including phenoxy) is 2. The molecule has 4 aromatic rings. The van der Waals surface area contributed by atoms with Gasteiger partial charge in [0.05, 0.1) is 13.2 Å². The number of hydrogen-bond acceptors (Lipinski definition) is 12. The minimum atomic E-state index is -4.31. The maximum Gasteiger partial charge on any atom is 0.408 e. The Balaban J connectivity index is 1.15. The quantitative estimate of drug-likeness (QED) is 0.175. The van der Waals surface area contributed by atoms with Gasteiger partial charge in [0.2, 0.25) is 17.6 Å². The number of aromatic nitrogens is 4. The highest BCUT2D eigenvalue weighted by Gasteiger charge is 2.61. The van der Waals surface area contributed by atoms with Gasteiger partial charge in [0, 0.05) is 29.1 Å². The van der Waals surface area contributed by atoms with Crippen LogP contribution in [0.2, 0.25) is 0 Å². The van der Waals surface area contributed by atoms with E-state index in [0.717, 1.165) is 35.3 Å². The Morgan fingerprint density at radius 2 is 1.82 bits per heavy atom. The predicted molar refractivity (Wildman–Crippen MR) is 206 cm³/mol. The molecule has 3 aliphatic rings. The van der Waals surface area contributed by atoms with Crippen LogP contribution in [0.3, 0.4) is 0 Å². The van der Waals surface area contributed by atoms with Crippen LogP contribution in [-0.4, -0.2) is 94.7 Å². The summed E-state index contributed by atoms with van der Waals surface area (Å²) in [6, 6.07) is 12.8. The number of sulfonamides is 1. The van der Waals surface area contributed by atoms with Crippen molar-refractivity contribution in [1.29, 1.82) is 0 Å². The molecule has 0 bridgehead atoms. The van der Waals surface area contributed by atoms with E-state index in [1.54, 1.807) is 76.4 Å². The predicted octanol–water partition coefficient (Wildman–Crippen LogP) is 3.96. The zero-order valence-electron chi connectivity index (χ0n) is 31.4. The summed E-state index contributed by atoms with van der Waals surface area (Å²) in [7, 11) is -2.75. The average molecular weight is 805 g/mol. The van der Waals surface area contributed by atoms with Crippen LogP contribution in [0.25, 0.3) is 21.5 Å². The number of rotatable bonds is 12. The number of fused-ring (bicyclic) bond motifs is 1. The topological polar surface area (TPSA) is 204 Å². The Morgan fingerprint density at radius 3 is 2.45 bits per heavy atom. The Morgan fingerprint density at radius 1 is 1.09 bits per heavy atom. The molecular weight excluding hydrogens is 761 g/mol. The van der Waals surface area contributed by atoms with E-state index in [2.05, 4.69) is 37.3 Å². The lowest BCUT2D eigenvalue weighted by Crippen LogP contribution is -2.60. The second-order valence-corrected chi connectivity index (χ2v) is 18.5. The fourth-order valence-electron chi connectivity index (χ4n) is 7.01. The first-order valence-corrected chi connectivity index (χ1v) is 20.6. The van der Waals surface area contributed by atoms with Gasteiger partial charge in [-0.2, -0.15) is 4.80 Å². The molecule has 56 heavy (non-hydrogen) atoms. The monoisotopic (exact) mass is 804 g/mol. The Bertz CT molecular complexity index is 2250. The highest BCUT2D eigenvalue weighted by atomic mass is 32.2. The highest BCUT2D eigenvalue weighted by molar-refractivity contribution is 7.92. The third-order valence-corrected chi connectivity index (χ3v) is 13.5. The van der Waals surface area contributed by atoms with E-state index in [9.17, 15) is 27.6 Å². The van der Waals surface area contributed by atoms with E-state index in [1.807, 2.05) is 0 Å². The first-order valence-electron chi connectivity index (χ1n) is 18.3. The van der Waals surface area contributed by atoms with Crippen molar-refractivity contribution in [3.8, 4) is 17.1 Å². The molecule has 0 unspecified atom stereocenters. The average Bonchev–Trinajstić information content (AvgIpc) is 3.56. The molecule has 3 N–H and O–H groups in total. The van der Waals surface area contributed by atoms with E-state index in [4.69, 9.17) is 9.47 Å². The van der Waals surface area contributed by atoms with Gasteiger partial charge < -0.3 is 25.0 Å². The van der Waals surface area contributed by atoms with Gasteiger partial charge in [-0.1, -0.05) is 45.0 Å². The van der Waals surface area contributed by atoms with Crippen LogP contribution in [0.5, 0.6) is 5.75 Å². The second-order valence-electron chi connectivity index (χ2n) is 15.5. The standard InChI is InChI=1S/C38H44N8O8S2/c1-6-24-20-38(24,35(49)43-56(51,52)30-18-23-10-7-8-13-29(23)55-30)40-33(47)28-19-25(46-42-32(41-44-46)22-14-16-26(53-5)17-15-22)21-45(28)34(48)31(37(2,3)4)39-36(50)54-27-11-9-12-27/h6-8,10,13-18,24-25,27-28,31H,1,9,11-12,19-21H2,2-5H3,(H,39,50)(H,40,47)(H,43,49)/t24-,25-,28+,31-,38-/m1/s1. The lowest BCUT2D eigenvalue weighted by atomic mass is 9.85. The second kappa shape index (κ2) is 14.9. The van der Waals surface area contributed by atoms with Crippen LogP contribution in [-0.2, 0) is 29.1 Å². The van der Waals surface area contributed by atoms with E-state index in [-0.39, 0.29) is 29.7 Å². The molecule has 2 saturated carbocycles. The van der Waals surface area contributed by atoms with Gasteiger partial charge in [-0.25, -0.2) is 17.9 Å². The third-order valence-electron chi connectivity index (χ3n) is 10.6. The van der Waals surface area contributed by atoms with Crippen molar-refractivity contribution in [2.45, 2.75) is 86.9 Å². The van der Waals surface area contributed by atoms with Gasteiger partial charge in [-0.15, -0.1) is 28.1 Å². The van der Waals surface area contributed by atoms with E-state index in [0.29, 0.717) is 22.5 Å². The van der Waals surface area contributed by atoms with Gasteiger partial charge in [-0.3, -0.25) is 14.4 Å². The molecule has 3 heterocycles. The smallest absolute Gasteiger partial charge is 0.408 e. The summed E-state index contributed by atoms with van der Waals surface area (Å²) >= 11 is 1.02. The van der Waals surface area contributed by atoms with Crippen molar-refractivity contribution >= 4 is 55.3 Å². The summed E-state index contributed by atoms with van der Waals surface area (Å²) in [5, 5.41) is 19.3. The van der Waals surface area contributed by atoms with E-state index < -0.39 is 68.8 Å². The molecule has 0 spiro atoms. The summed E-state index contributed by atoms with van der Waals surface area (Å²) in [5.41, 5.74) is -1.78. The maximum absolute atomic E-state index is 14.6. The summed E-state index contributed by atoms with van der Waals surface area (Å²) in [6.45, 7) is 9.13. The number of thiophene rings is 1. The zero-order chi connectivity index (χ0) is 40.0. The van der Waals surface area contributed by atoms with Crippen LogP contribution < -0.4 is 20.1 Å². The molecule has 2 aromatic heterocycles. The van der Waals surface area contributed by atoms with Crippen molar-refractivity contribution in [2.24, 2.45) is 11.3 Å². The van der Waals surface area contributed by atoms with Gasteiger partial charge in [0.25, 0.3) is 15.9 Å². The summed E-state index contributed by atoms with van der Waals surface area (Å²) in [5.74, 6) is -1.79. The molecule has 1 aliphatic heterocycles. The number of carbonyl (C=O) groups is 4. The summed E-state index contributed by atoms with van der Waals surface area (Å²) in [4.78, 5) is 58.5. The highest BCUT2D eigenvalue weighted by Crippen LogP contribution is 2.46. The number of nitrogens with one attached hydrogen (secondary N) is 3. The molecule has 18 heteroatoms. The number of tetrazole rings is 1. The maximum atomic E-state index is 14.6. The molecule has 16 nitrogen and oxygen atoms in total. The van der Waals surface area contributed by atoms with Crippen molar-refractivity contribution in [3.63, 3.8) is 0 Å². The normalized spacial score (nSPS) is 22.8. The lowest BCUT2D eigenvalue weighted by molar-refractivity contribution is -0.142. The third kappa shape index (κ3) is 7.71. The fraction of sp³-hybridized carbons (Fsp3) is 0.447. The largest absolute Gasteiger partial charge is 0.497 e. The first kappa shape index (κ1) is 38.9. The van der Waals surface area contributed by atoms with E-state index >= 15 is 0 Å². The number of benzene rings is 2. The Labute approximate surface area is 328 Å². The number of alkyl carbamates (subject to hydrolysis) is 1. The van der Waals surface area contributed by atoms with Gasteiger partial charge in [-0.05, 0) is 78.1 Å². The molecule has 296 valence electrons. The van der Waals surface area contributed by atoms with Gasteiger partial charge >= 0.3 is 6.09 Å². The van der Waals surface area contributed by atoms with Crippen LogP contribution in [0, 0.1) is 11.3 Å². The molecular formula is C38H44N8O8S2. The van der Waals surface area contributed by atoms with Crippen LogP contribution in [0.1, 0.15) is 58.9 Å². The fourth-order valence-corrected chi connectivity index (χ4v) is 9.44. The minimum absolute atomic E-state index is 0.0237. The summed E-state index contributed by atoms with van der Waals surface area (Å²) in [6.07, 6.45) is 3.08. The van der Waals surface area contributed by atoms with Crippen LogP contribution in [0.15, 0.2) is 71.5 Å². The van der Waals surface area contributed by atoms with Gasteiger partial charge in [0.15, 0.2) is 0 Å². The Kier molecular flexibility index (Phi) is 10.4. The number of amides is 4. The Hall–Kier alpha value is -5.36. The number of hydrogen-bond donors (Lipinski definition) is 3. The molecule has 2 aliphatic carbocycles. The lowest BCUT2D eigenvalue weighted by Gasteiger charge is -2.36. The molecule has 4 amide bonds. The number of likely N-dealkylation sites (tertiary alicyclic amines) is 1. The molecule has 2 aromatic carbocycles. The number of carbonyl (C=O) groups excluding carboxylic acids is 4. The van der Waals surface area contributed by atoms with Crippen LogP contribution in [0.4, 0.5) is 4.79 Å². The minimum Gasteiger partial charge on any atom is -0.497 e. The SMILES string of the molecule is C=C[C@@H]1C[C@]1(NC(=O)[C@@H]1C[C@@H](n2nnc(-c3ccc(OC)cc3)n2)CN1C(=O)[C@@H](NC(=O)OC1CCC1)C(C)(C)C)C(=O)NS(=O)(=O)c1cc2ccccc2s1. The molecule has 7 rings (SSSR count). The first-order chi connectivity index (χ1) is 26.6. The molecule has 1 saturated heterocycles.